The quantitative estimate of drug-likeness (QED) is 0.158. The zero-order valence-electron chi connectivity index (χ0n) is 36.7. The highest BCUT2D eigenvalue weighted by atomic mass is 16.5. The monoisotopic (exact) mass is 853 g/mol. The summed E-state index contributed by atoms with van der Waals surface area (Å²) < 4.78 is 7.63. The maximum atomic E-state index is 7.63. The van der Waals surface area contributed by atoms with Gasteiger partial charge < -0.3 is 9.64 Å². The Hall–Kier alpha value is -8.72. The average molecular weight is 854 g/mol. The minimum atomic E-state index is -0.569. The molecular formula is C65H43NO. The van der Waals surface area contributed by atoms with Crippen LogP contribution in [0.15, 0.2) is 261 Å². The molecule has 0 saturated heterocycles. The van der Waals surface area contributed by atoms with Crippen molar-refractivity contribution in [2.45, 2.75) is 5.41 Å². The van der Waals surface area contributed by atoms with E-state index in [-0.39, 0.29) is 0 Å². The van der Waals surface area contributed by atoms with Gasteiger partial charge in [0.15, 0.2) is 5.75 Å². The fourth-order valence-electron chi connectivity index (χ4n) is 10.9. The highest BCUT2D eigenvalue weighted by molar-refractivity contribution is 6.03. The summed E-state index contributed by atoms with van der Waals surface area (Å²) in [5, 5.41) is 2.38. The van der Waals surface area contributed by atoms with Crippen LogP contribution in [0.4, 0.5) is 17.1 Å². The summed E-state index contributed by atoms with van der Waals surface area (Å²) in [6.45, 7) is 0. The normalized spacial score (nSPS) is 12.7. The van der Waals surface area contributed by atoms with Gasteiger partial charge in [0.25, 0.3) is 0 Å². The van der Waals surface area contributed by atoms with Crippen LogP contribution in [0, 0.1) is 0 Å². The van der Waals surface area contributed by atoms with E-state index in [0.29, 0.717) is 0 Å². The second kappa shape index (κ2) is 15.8. The van der Waals surface area contributed by atoms with Crippen molar-refractivity contribution in [3.05, 3.63) is 283 Å². The molecule has 1 aliphatic heterocycles. The van der Waals surface area contributed by atoms with E-state index in [1.54, 1.807) is 0 Å². The first-order valence-electron chi connectivity index (χ1n) is 23.1. The number of rotatable bonds is 7. The second-order valence-electron chi connectivity index (χ2n) is 17.6. The van der Waals surface area contributed by atoms with Crippen LogP contribution in [-0.4, -0.2) is 0 Å². The lowest BCUT2D eigenvalue weighted by molar-refractivity contribution is 0.490. The third-order valence-corrected chi connectivity index (χ3v) is 13.9. The predicted octanol–water partition coefficient (Wildman–Crippen LogP) is 17.4. The topological polar surface area (TPSA) is 12.5 Å². The molecule has 0 aromatic heterocycles. The summed E-state index contributed by atoms with van der Waals surface area (Å²) in [5.74, 6) is 1.64. The molecule has 0 radical (unpaired) electrons. The summed E-state index contributed by atoms with van der Waals surface area (Å²) in [4.78, 5) is 2.41. The average Bonchev–Trinajstić information content (AvgIpc) is 3.62. The molecule has 0 fully saturated rings. The molecular weight excluding hydrogens is 811 g/mol. The van der Waals surface area contributed by atoms with Gasteiger partial charge in [-0.25, -0.2) is 0 Å². The van der Waals surface area contributed by atoms with Gasteiger partial charge in [-0.15, -0.1) is 0 Å². The maximum Gasteiger partial charge on any atom is 0.159 e. The Balaban J connectivity index is 1.10. The Morgan fingerprint density at radius 3 is 1.42 bits per heavy atom. The van der Waals surface area contributed by atoms with Crippen LogP contribution in [0.2, 0.25) is 0 Å². The molecule has 11 aromatic carbocycles. The molecule has 0 bridgehead atoms. The molecule has 0 saturated carbocycles. The van der Waals surface area contributed by atoms with Crippen LogP contribution in [0.25, 0.3) is 66.4 Å². The van der Waals surface area contributed by atoms with Gasteiger partial charge in [-0.3, -0.25) is 0 Å². The highest BCUT2D eigenvalue weighted by Gasteiger charge is 2.46. The minimum absolute atomic E-state index is 0.569. The summed E-state index contributed by atoms with van der Waals surface area (Å²) in [5.41, 5.74) is 18.8. The van der Waals surface area contributed by atoms with Crippen molar-refractivity contribution in [1.29, 1.82) is 0 Å². The van der Waals surface area contributed by atoms with Crippen LogP contribution in [0.1, 0.15) is 22.3 Å². The number of para-hydroxylation sites is 2. The number of fused-ring (bicyclic) bond motifs is 9. The molecule has 1 heterocycles. The zero-order valence-corrected chi connectivity index (χ0v) is 36.7. The molecule has 13 rings (SSSR count). The molecule has 0 amide bonds. The predicted molar refractivity (Wildman–Crippen MR) is 278 cm³/mol. The van der Waals surface area contributed by atoms with E-state index in [2.05, 4.69) is 266 Å². The molecule has 314 valence electrons. The largest absolute Gasteiger partial charge is 0.453 e. The van der Waals surface area contributed by atoms with Crippen LogP contribution < -0.4 is 9.64 Å². The van der Waals surface area contributed by atoms with Gasteiger partial charge in [-0.2, -0.15) is 0 Å². The number of anilines is 3. The zero-order chi connectivity index (χ0) is 44.3. The number of nitrogens with zero attached hydrogens (tertiary/aromatic N) is 1. The van der Waals surface area contributed by atoms with Crippen molar-refractivity contribution in [2.75, 3.05) is 4.90 Å². The molecule has 0 N–H and O–H groups in total. The molecule has 67 heavy (non-hydrogen) atoms. The third-order valence-electron chi connectivity index (χ3n) is 13.9. The van der Waals surface area contributed by atoms with E-state index in [9.17, 15) is 0 Å². The maximum absolute atomic E-state index is 7.63. The standard InChI is InChI=1S/C65H43NO/c1-5-19-44(20-6-1)45-35-37-51(38-36-45)66(52-39-40-55-54-29-15-16-33-60(54)65(61(55)43-52,49-25-9-3-10-26-49)50-27-11-4-12-28-50)62-34-18-32-57-59-42-48-24-14-13-23-47(48)41-58(59)56-31-17-30-53(63(56)67-64(57)62)46-21-7-2-8-22-46/h1-43H. The smallest absolute Gasteiger partial charge is 0.159 e. The summed E-state index contributed by atoms with van der Waals surface area (Å²) in [7, 11) is 0. The first-order valence-corrected chi connectivity index (χ1v) is 23.1. The molecule has 2 heteroatoms. The summed E-state index contributed by atoms with van der Waals surface area (Å²) in [6.07, 6.45) is 0. The lowest BCUT2D eigenvalue weighted by Crippen LogP contribution is -2.28. The third kappa shape index (κ3) is 6.18. The molecule has 11 aromatic rings. The fraction of sp³-hybridized carbons (Fsp3) is 0.0154. The van der Waals surface area contributed by atoms with E-state index in [1.807, 2.05) is 0 Å². The number of ether oxygens (including phenoxy) is 1. The van der Waals surface area contributed by atoms with Gasteiger partial charge >= 0.3 is 0 Å². The Labute approximate surface area is 391 Å². The lowest BCUT2D eigenvalue weighted by Gasteiger charge is -2.35. The van der Waals surface area contributed by atoms with E-state index in [1.165, 1.54) is 49.7 Å². The Bertz CT molecular complexity index is 3600. The number of benzene rings is 11. The minimum Gasteiger partial charge on any atom is -0.453 e. The van der Waals surface area contributed by atoms with Crippen LogP contribution in [0.5, 0.6) is 11.5 Å². The highest BCUT2D eigenvalue weighted by Crippen LogP contribution is 2.59. The van der Waals surface area contributed by atoms with Gasteiger partial charge in [-0.1, -0.05) is 218 Å². The molecule has 2 aliphatic rings. The van der Waals surface area contributed by atoms with E-state index in [0.717, 1.165) is 67.5 Å². The van der Waals surface area contributed by atoms with Crippen molar-refractivity contribution >= 4 is 27.8 Å². The number of hydrogen-bond acceptors (Lipinski definition) is 2. The van der Waals surface area contributed by atoms with Crippen molar-refractivity contribution < 1.29 is 4.74 Å². The molecule has 1 aliphatic carbocycles. The Morgan fingerprint density at radius 2 is 0.761 bits per heavy atom. The Morgan fingerprint density at radius 1 is 0.284 bits per heavy atom. The van der Waals surface area contributed by atoms with E-state index >= 15 is 0 Å². The number of hydrogen-bond donors (Lipinski definition) is 0. The molecule has 0 unspecified atom stereocenters. The van der Waals surface area contributed by atoms with Gasteiger partial charge in [0.1, 0.15) is 5.75 Å². The van der Waals surface area contributed by atoms with Crippen LogP contribution in [-0.2, 0) is 5.41 Å². The van der Waals surface area contributed by atoms with Crippen molar-refractivity contribution in [2.24, 2.45) is 0 Å². The molecule has 0 atom stereocenters. The molecule has 0 spiro atoms. The van der Waals surface area contributed by atoms with Crippen LogP contribution >= 0.6 is 0 Å². The fourth-order valence-corrected chi connectivity index (χ4v) is 10.9. The van der Waals surface area contributed by atoms with E-state index in [4.69, 9.17) is 4.74 Å². The SMILES string of the molecule is c1ccc(-c2ccc(N(c3ccc4c(c3)C(c3ccccc3)(c3ccccc3)c3ccccc3-4)c3cccc4c3Oc3c(-c5ccccc5)cccc3-c3cc5ccccc5cc3-4)cc2)cc1. The summed E-state index contributed by atoms with van der Waals surface area (Å²) in [6, 6.07) is 94.9. The summed E-state index contributed by atoms with van der Waals surface area (Å²) >= 11 is 0. The first-order chi connectivity index (χ1) is 33.2. The van der Waals surface area contributed by atoms with Crippen LogP contribution in [0.3, 0.4) is 0 Å². The van der Waals surface area contributed by atoms with Gasteiger partial charge in [0, 0.05) is 28.1 Å². The van der Waals surface area contributed by atoms with Gasteiger partial charge in [0.2, 0.25) is 0 Å². The Kier molecular flexibility index (Phi) is 9.11. The van der Waals surface area contributed by atoms with Crippen molar-refractivity contribution in [3.63, 3.8) is 0 Å². The van der Waals surface area contributed by atoms with Crippen molar-refractivity contribution in [3.8, 4) is 67.1 Å². The lowest BCUT2D eigenvalue weighted by atomic mass is 9.67. The van der Waals surface area contributed by atoms with Crippen molar-refractivity contribution in [1.82, 2.24) is 0 Å². The van der Waals surface area contributed by atoms with Gasteiger partial charge in [-0.05, 0) is 114 Å². The van der Waals surface area contributed by atoms with Gasteiger partial charge in [0.05, 0.1) is 11.1 Å². The molecule has 2 nitrogen and oxygen atoms in total. The van der Waals surface area contributed by atoms with E-state index < -0.39 is 5.41 Å². The second-order valence-corrected chi connectivity index (χ2v) is 17.6. The first kappa shape index (κ1) is 38.7.